The maximum atomic E-state index is 5.73. The summed E-state index contributed by atoms with van der Waals surface area (Å²) in [5.41, 5.74) is 1.31. The van der Waals surface area contributed by atoms with Crippen molar-refractivity contribution >= 4 is 22.6 Å². The molecule has 0 aromatic heterocycles. The van der Waals surface area contributed by atoms with Gasteiger partial charge >= 0.3 is 0 Å². The van der Waals surface area contributed by atoms with Crippen LogP contribution in [-0.4, -0.2) is 17.6 Å². The van der Waals surface area contributed by atoms with Gasteiger partial charge in [-0.25, -0.2) is 0 Å². The number of halogens is 1. The molecule has 0 unspecified atom stereocenters. The highest BCUT2D eigenvalue weighted by Crippen LogP contribution is 2.29. The summed E-state index contributed by atoms with van der Waals surface area (Å²) in [5, 5.41) is 0. The molecular formula is C13H19IO2. The summed E-state index contributed by atoms with van der Waals surface area (Å²) in [4.78, 5) is 0. The van der Waals surface area contributed by atoms with Crippen LogP contribution in [0.3, 0.4) is 0 Å². The normalized spacial score (nSPS) is 10.6. The zero-order valence-electron chi connectivity index (χ0n) is 10.1. The highest BCUT2D eigenvalue weighted by molar-refractivity contribution is 14.1. The summed E-state index contributed by atoms with van der Waals surface area (Å²) in [6, 6.07) is 6.18. The van der Waals surface area contributed by atoms with Crippen LogP contribution in [0.5, 0.6) is 11.5 Å². The number of hydrogen-bond acceptors (Lipinski definition) is 2. The Bertz CT molecular complexity index is 324. The molecule has 0 saturated heterocycles. The van der Waals surface area contributed by atoms with E-state index in [1.165, 1.54) is 16.4 Å². The van der Waals surface area contributed by atoms with Crippen LogP contribution in [0.25, 0.3) is 0 Å². The molecule has 0 aliphatic heterocycles. The van der Waals surface area contributed by atoms with Gasteiger partial charge in [0.1, 0.15) is 0 Å². The largest absolute Gasteiger partial charge is 0.493 e. The van der Waals surface area contributed by atoms with E-state index in [0.29, 0.717) is 0 Å². The monoisotopic (exact) mass is 334 g/mol. The zero-order chi connectivity index (χ0) is 12.0. The highest BCUT2D eigenvalue weighted by atomic mass is 127. The molecule has 0 atom stereocenters. The van der Waals surface area contributed by atoms with Crippen LogP contribution in [0.4, 0.5) is 0 Å². The number of ether oxygens (including phenoxy) is 2. The van der Waals surface area contributed by atoms with Crippen LogP contribution in [0.2, 0.25) is 0 Å². The number of rotatable bonds is 6. The quantitative estimate of drug-likeness (QED) is 0.581. The van der Waals surface area contributed by atoms with E-state index in [0.717, 1.165) is 17.9 Å². The first kappa shape index (κ1) is 13.6. The molecule has 0 fully saturated rings. The number of alkyl halides is 1. The summed E-state index contributed by atoms with van der Waals surface area (Å²) < 4.78 is 12.2. The molecule has 0 aliphatic carbocycles. The Labute approximate surface area is 111 Å². The van der Waals surface area contributed by atoms with Crippen molar-refractivity contribution in [1.82, 2.24) is 0 Å². The lowest BCUT2D eigenvalue weighted by Gasteiger charge is -2.14. The van der Waals surface area contributed by atoms with Gasteiger partial charge in [-0.15, -0.1) is 0 Å². The van der Waals surface area contributed by atoms with E-state index < -0.39 is 0 Å². The van der Waals surface area contributed by atoms with Crippen LogP contribution in [0.1, 0.15) is 25.8 Å². The first-order chi connectivity index (χ1) is 7.67. The molecule has 0 radical (unpaired) electrons. The van der Waals surface area contributed by atoms with Crippen molar-refractivity contribution in [3.8, 4) is 11.5 Å². The molecule has 0 N–H and O–H groups in total. The first-order valence-electron chi connectivity index (χ1n) is 5.57. The Morgan fingerprint density at radius 2 is 2.00 bits per heavy atom. The highest BCUT2D eigenvalue weighted by Gasteiger charge is 2.07. The average molecular weight is 334 g/mol. The molecule has 0 amide bonds. The van der Waals surface area contributed by atoms with Crippen LogP contribution in [0.15, 0.2) is 18.2 Å². The minimum atomic E-state index is 0.175. The van der Waals surface area contributed by atoms with Gasteiger partial charge in [0.15, 0.2) is 11.5 Å². The molecule has 0 heterocycles. The lowest BCUT2D eigenvalue weighted by molar-refractivity contribution is 0.230. The molecule has 16 heavy (non-hydrogen) atoms. The molecule has 0 aliphatic rings. The van der Waals surface area contributed by atoms with Gasteiger partial charge in [0.05, 0.1) is 13.2 Å². The molecule has 0 saturated carbocycles. The van der Waals surface area contributed by atoms with Gasteiger partial charge in [0.25, 0.3) is 0 Å². The Kier molecular flexibility index (Phi) is 5.95. The van der Waals surface area contributed by atoms with E-state index >= 15 is 0 Å². The maximum Gasteiger partial charge on any atom is 0.161 e. The smallest absolute Gasteiger partial charge is 0.161 e. The second-order valence-electron chi connectivity index (χ2n) is 3.94. The predicted molar refractivity (Wildman–Crippen MR) is 76.0 cm³/mol. The van der Waals surface area contributed by atoms with Gasteiger partial charge in [0, 0.05) is 0 Å². The van der Waals surface area contributed by atoms with E-state index in [9.17, 15) is 0 Å². The number of methoxy groups -OCH3 is 1. The Balaban J connectivity index is 2.83. The molecular weight excluding hydrogens is 315 g/mol. The second kappa shape index (κ2) is 6.99. The van der Waals surface area contributed by atoms with Crippen LogP contribution in [0, 0.1) is 0 Å². The van der Waals surface area contributed by atoms with Crippen molar-refractivity contribution in [2.75, 3.05) is 11.5 Å². The average Bonchev–Trinajstić information content (AvgIpc) is 2.26. The third kappa shape index (κ3) is 4.20. The second-order valence-corrected chi connectivity index (χ2v) is 5.02. The van der Waals surface area contributed by atoms with Crippen molar-refractivity contribution in [3.63, 3.8) is 0 Å². The first-order valence-corrected chi connectivity index (χ1v) is 7.09. The van der Waals surface area contributed by atoms with Crippen molar-refractivity contribution in [2.24, 2.45) is 0 Å². The van der Waals surface area contributed by atoms with Crippen LogP contribution in [-0.2, 0) is 6.42 Å². The predicted octanol–water partition coefficient (Wildman–Crippen LogP) is 3.85. The number of aryl methyl sites for hydroxylation is 1. The molecule has 3 heteroatoms. The number of hydrogen-bond donors (Lipinski definition) is 0. The molecule has 0 spiro atoms. The van der Waals surface area contributed by atoms with Crippen molar-refractivity contribution in [1.29, 1.82) is 0 Å². The number of benzene rings is 1. The molecule has 1 rings (SSSR count). The summed E-state index contributed by atoms with van der Waals surface area (Å²) in [6.07, 6.45) is 2.48. The van der Waals surface area contributed by atoms with E-state index in [4.69, 9.17) is 9.47 Å². The molecule has 1 aromatic rings. The Hall–Kier alpha value is -0.450. The fraction of sp³-hybridized carbons (Fsp3) is 0.538. The SMILES string of the molecule is COc1ccc(CCCI)cc1OC(C)C. The third-order valence-electron chi connectivity index (χ3n) is 2.19. The van der Waals surface area contributed by atoms with E-state index in [2.05, 4.69) is 34.7 Å². The van der Waals surface area contributed by atoms with Crippen molar-refractivity contribution < 1.29 is 9.47 Å². The molecule has 2 nitrogen and oxygen atoms in total. The van der Waals surface area contributed by atoms with Crippen LogP contribution >= 0.6 is 22.6 Å². The molecule has 0 bridgehead atoms. The molecule has 90 valence electrons. The van der Waals surface area contributed by atoms with Crippen LogP contribution < -0.4 is 9.47 Å². The lowest BCUT2D eigenvalue weighted by atomic mass is 10.1. The van der Waals surface area contributed by atoms with E-state index in [-0.39, 0.29) is 6.10 Å². The van der Waals surface area contributed by atoms with Gasteiger partial charge in [-0.3, -0.25) is 0 Å². The third-order valence-corrected chi connectivity index (χ3v) is 2.95. The summed E-state index contributed by atoms with van der Waals surface area (Å²) in [5.74, 6) is 1.66. The zero-order valence-corrected chi connectivity index (χ0v) is 12.3. The minimum Gasteiger partial charge on any atom is -0.493 e. The van der Waals surface area contributed by atoms with Gasteiger partial charge in [-0.1, -0.05) is 28.7 Å². The van der Waals surface area contributed by atoms with Gasteiger partial charge in [-0.05, 0) is 48.8 Å². The van der Waals surface area contributed by atoms with Crippen molar-refractivity contribution in [2.45, 2.75) is 32.8 Å². The van der Waals surface area contributed by atoms with Gasteiger partial charge in [-0.2, -0.15) is 0 Å². The fourth-order valence-corrected chi connectivity index (χ4v) is 1.87. The minimum absolute atomic E-state index is 0.175. The maximum absolute atomic E-state index is 5.73. The fourth-order valence-electron chi connectivity index (χ4n) is 1.49. The van der Waals surface area contributed by atoms with Gasteiger partial charge in [0.2, 0.25) is 0 Å². The van der Waals surface area contributed by atoms with E-state index in [1.54, 1.807) is 7.11 Å². The van der Waals surface area contributed by atoms with Gasteiger partial charge < -0.3 is 9.47 Å². The Morgan fingerprint density at radius 1 is 1.25 bits per heavy atom. The Morgan fingerprint density at radius 3 is 2.56 bits per heavy atom. The molecule has 1 aromatic carbocycles. The summed E-state index contributed by atoms with van der Waals surface area (Å²) in [6.45, 7) is 4.05. The standard InChI is InChI=1S/C13H19IO2/c1-10(2)16-13-9-11(5-4-8-14)6-7-12(13)15-3/h6-7,9-10H,4-5,8H2,1-3H3. The summed E-state index contributed by atoms with van der Waals surface area (Å²) >= 11 is 2.40. The van der Waals surface area contributed by atoms with E-state index in [1.807, 2.05) is 19.9 Å². The topological polar surface area (TPSA) is 18.5 Å². The van der Waals surface area contributed by atoms with Crippen molar-refractivity contribution in [3.05, 3.63) is 23.8 Å². The lowest BCUT2D eigenvalue weighted by Crippen LogP contribution is -2.07. The summed E-state index contributed by atoms with van der Waals surface area (Å²) in [7, 11) is 1.67.